The van der Waals surface area contributed by atoms with Gasteiger partial charge in [0.15, 0.2) is 0 Å². The topological polar surface area (TPSA) is 49.7 Å². The Morgan fingerprint density at radius 2 is 2.00 bits per heavy atom. The van der Waals surface area contributed by atoms with E-state index in [-0.39, 0.29) is 26.4 Å². The Balaban J connectivity index is 2.33. The third-order valence-corrected chi connectivity index (χ3v) is 53.9. The summed E-state index contributed by atoms with van der Waals surface area (Å²) in [5, 5.41) is 0. The highest BCUT2D eigenvalue weighted by Crippen LogP contribution is 1.92. The van der Waals surface area contributed by atoms with E-state index >= 15 is 0 Å². The number of hydrogen-bond donors (Lipinski definition) is 2. The highest BCUT2D eigenvalue weighted by atomic mass is 29.9. The first-order valence-corrected chi connectivity index (χ1v) is 19.5. The zero-order valence-electron chi connectivity index (χ0n) is 4.63. The predicted molar refractivity (Wildman–Crippen MR) is 45.5 cm³/mol. The molecule has 2 N–H and O–H groups in total. The Bertz CT molecular complexity index is 71.7. The highest BCUT2D eigenvalue weighted by molar-refractivity contribution is 7.59. The van der Waals surface area contributed by atoms with Gasteiger partial charge in [-0.15, -0.1) is 0 Å². The first kappa shape index (κ1) is 7.08. The molecule has 1 rings (SSSR count). The van der Waals surface area contributed by atoms with Crippen LogP contribution < -0.4 is 0 Å². The molecule has 1 fully saturated rings. The molecule has 8 heteroatoms. The molecule has 8 heavy (non-hydrogen) atoms. The van der Waals surface area contributed by atoms with Gasteiger partial charge in [-0.3, -0.25) is 0 Å². The van der Waals surface area contributed by atoms with E-state index in [1.54, 1.807) is 0 Å². The molecule has 0 aliphatic carbocycles. The van der Waals surface area contributed by atoms with Crippen molar-refractivity contribution >= 4 is 43.3 Å². The maximum atomic E-state index is 9.00. The van der Waals surface area contributed by atoms with Gasteiger partial charge in [-0.2, -0.15) is 0 Å². The summed E-state index contributed by atoms with van der Waals surface area (Å²) < 4.78 is 5.01. The van der Waals surface area contributed by atoms with Crippen molar-refractivity contribution in [2.24, 2.45) is 0 Å². The zero-order chi connectivity index (χ0) is 6.04. The molecule has 0 aromatic rings. The Kier molecular flexibility index (Phi) is 2.39. The molecule has 0 saturated carbocycles. The average molecular weight is 199 g/mol. The second-order valence-electron chi connectivity index (χ2n) is 2.05. The van der Waals surface area contributed by atoms with Crippen molar-refractivity contribution in [3.05, 3.63) is 0 Å². The second-order valence-corrected chi connectivity index (χ2v) is 34.0. The van der Waals surface area contributed by atoms with Crippen molar-refractivity contribution in [3.63, 3.8) is 0 Å². The highest BCUT2D eigenvalue weighted by Gasteiger charge is 2.33. The normalized spacial score (nSPS) is 39.8. The summed E-state index contributed by atoms with van der Waals surface area (Å²) >= 11 is 0. The van der Waals surface area contributed by atoms with Gasteiger partial charge in [-0.05, 0) is 0 Å². The van der Waals surface area contributed by atoms with E-state index in [1.807, 2.05) is 0 Å². The van der Waals surface area contributed by atoms with Crippen LogP contribution in [0.4, 0.5) is 0 Å². The Morgan fingerprint density at radius 3 is 2.25 bits per heavy atom. The fourth-order valence-corrected chi connectivity index (χ4v) is 77.3. The van der Waals surface area contributed by atoms with Gasteiger partial charge in [0, 0.05) is 17.1 Å². The summed E-state index contributed by atoms with van der Waals surface area (Å²) in [6.45, 7) is 0. The van der Waals surface area contributed by atoms with Crippen molar-refractivity contribution < 1.29 is 13.7 Å². The van der Waals surface area contributed by atoms with E-state index in [1.165, 1.54) is 0 Å². The Hall–Kier alpha value is 0.964. The third kappa shape index (κ3) is 2.06. The molecule has 0 aromatic carbocycles. The van der Waals surface area contributed by atoms with Gasteiger partial charge in [-0.25, -0.2) is 0 Å². The van der Waals surface area contributed by atoms with E-state index in [9.17, 15) is 0 Å². The van der Waals surface area contributed by atoms with Gasteiger partial charge < -0.3 is 13.7 Å². The van der Waals surface area contributed by atoms with Gasteiger partial charge in [0.1, 0.15) is 17.8 Å². The maximum absolute atomic E-state index is 9.00. The van der Waals surface area contributed by atoms with Gasteiger partial charge in [0.2, 0.25) is 0 Å². The van der Waals surface area contributed by atoms with Crippen molar-refractivity contribution in [3.8, 4) is 0 Å². The minimum atomic E-state index is -2.79. The van der Waals surface area contributed by atoms with E-state index in [0.29, 0.717) is 0 Å². The molecule has 48 valence electrons. The molecular formula is H10O3Si5. The van der Waals surface area contributed by atoms with Crippen LogP contribution in [-0.2, 0) is 4.12 Å². The molecule has 0 radical (unpaired) electrons. The molecule has 1 saturated heterocycles. The average Bonchev–Trinajstić information content (AvgIpc) is 1.65. The van der Waals surface area contributed by atoms with E-state index in [4.69, 9.17) is 13.7 Å². The largest absolute Gasteiger partial charge is 0.442 e. The summed E-state index contributed by atoms with van der Waals surface area (Å²) in [4.78, 5) is 18.0. The van der Waals surface area contributed by atoms with E-state index in [0.717, 1.165) is 0 Å². The lowest BCUT2D eigenvalue weighted by molar-refractivity contribution is 0.280. The molecular weight excluding hydrogens is 188 g/mol. The molecule has 3 nitrogen and oxygen atoms in total. The second kappa shape index (κ2) is 2.70. The molecule has 0 spiro atoms. The monoisotopic (exact) mass is 198 g/mol. The summed E-state index contributed by atoms with van der Waals surface area (Å²) in [7, 11) is -3.04. The zero-order valence-corrected chi connectivity index (χ0v) is 11.3. The summed E-state index contributed by atoms with van der Waals surface area (Å²) in [5.74, 6) is 0. The lowest BCUT2D eigenvalue weighted by atomic mass is 15.7. The van der Waals surface area contributed by atoms with Crippen LogP contribution in [0.3, 0.4) is 0 Å². The lowest BCUT2D eigenvalue weighted by Crippen LogP contribution is -2.56. The van der Waals surface area contributed by atoms with Gasteiger partial charge in [-0.1, -0.05) is 0 Å². The summed E-state index contributed by atoms with van der Waals surface area (Å²) in [5.41, 5.74) is 0. The Morgan fingerprint density at radius 1 is 1.25 bits per heavy atom. The van der Waals surface area contributed by atoms with Crippen molar-refractivity contribution in [1.82, 2.24) is 0 Å². The van der Waals surface area contributed by atoms with Crippen LogP contribution >= 0.6 is 0 Å². The standard InChI is InChI=1S/H10O3Si5/c1-8(2)3-4-5-6-7-8/h1-2H,4-7H2. The SMILES string of the molecule is O[Si]1(O)O[SiH2][SiH2][SiH2][SiH2]1. The van der Waals surface area contributed by atoms with E-state index < -0.39 is 16.9 Å². The fraction of sp³-hybridized carbons (Fsp3) is 0. The van der Waals surface area contributed by atoms with Crippen LogP contribution in [0.1, 0.15) is 0 Å². The molecule has 0 amide bonds. The minimum Gasteiger partial charge on any atom is -0.428 e. The smallest absolute Gasteiger partial charge is 0.428 e. The van der Waals surface area contributed by atoms with Crippen molar-refractivity contribution in [2.75, 3.05) is 0 Å². The van der Waals surface area contributed by atoms with Crippen LogP contribution in [0.25, 0.3) is 0 Å². The molecule has 0 atom stereocenters. The lowest BCUT2D eigenvalue weighted by Gasteiger charge is -2.21. The molecule has 1 aliphatic rings. The van der Waals surface area contributed by atoms with Crippen LogP contribution in [0.5, 0.6) is 0 Å². The van der Waals surface area contributed by atoms with Crippen LogP contribution in [0, 0.1) is 0 Å². The Labute approximate surface area is 57.4 Å². The van der Waals surface area contributed by atoms with Crippen LogP contribution in [0.2, 0.25) is 0 Å². The first-order chi connectivity index (χ1) is 3.71. The molecule has 1 heterocycles. The van der Waals surface area contributed by atoms with E-state index in [2.05, 4.69) is 0 Å². The fourth-order valence-electron chi connectivity index (χ4n) is 0.765. The quantitative estimate of drug-likeness (QED) is 0.383. The third-order valence-electron chi connectivity index (χ3n) is 1.23. The molecule has 0 unspecified atom stereocenters. The van der Waals surface area contributed by atoms with Gasteiger partial charge in [0.05, 0.1) is 0 Å². The van der Waals surface area contributed by atoms with Gasteiger partial charge in [0.25, 0.3) is 0 Å². The molecule has 0 aromatic heterocycles. The number of rotatable bonds is 0. The summed E-state index contributed by atoms with van der Waals surface area (Å²) in [6, 6.07) is 0. The number of hydrogen-bond acceptors (Lipinski definition) is 3. The molecule has 1 aliphatic heterocycles. The minimum absolute atomic E-state index is 0.181. The summed E-state index contributed by atoms with van der Waals surface area (Å²) in [6.07, 6.45) is 0. The predicted octanol–water partition coefficient (Wildman–Crippen LogP) is -5.23. The van der Waals surface area contributed by atoms with Crippen LogP contribution in [-0.4, -0.2) is 52.9 Å². The van der Waals surface area contributed by atoms with Crippen molar-refractivity contribution in [2.45, 2.75) is 0 Å². The van der Waals surface area contributed by atoms with Crippen molar-refractivity contribution in [1.29, 1.82) is 0 Å². The molecule has 0 bridgehead atoms. The maximum Gasteiger partial charge on any atom is 0.442 e. The van der Waals surface area contributed by atoms with Crippen LogP contribution in [0.15, 0.2) is 0 Å². The van der Waals surface area contributed by atoms with Gasteiger partial charge >= 0.3 is 8.32 Å². The first-order valence-electron chi connectivity index (χ1n) is 2.79.